The Morgan fingerprint density at radius 2 is 1.70 bits per heavy atom. The molecule has 2 fully saturated rings. The maximum atomic E-state index is 11.4. The number of hydroxylamine groups is 1. The van der Waals surface area contributed by atoms with Crippen molar-refractivity contribution in [3.63, 3.8) is 0 Å². The van der Waals surface area contributed by atoms with Gasteiger partial charge in [-0.15, -0.1) is 0 Å². The summed E-state index contributed by atoms with van der Waals surface area (Å²) in [4.78, 5) is 30.0. The Morgan fingerprint density at radius 3 is 2.30 bits per heavy atom. The van der Waals surface area contributed by atoms with Crippen molar-refractivity contribution >= 4 is 24.0 Å². The van der Waals surface area contributed by atoms with Gasteiger partial charge in [0.2, 0.25) is 0 Å². The van der Waals surface area contributed by atoms with Crippen molar-refractivity contribution in [1.82, 2.24) is 15.3 Å². The van der Waals surface area contributed by atoms with Crippen LogP contribution in [0, 0.1) is 11.8 Å². The van der Waals surface area contributed by atoms with E-state index >= 15 is 0 Å². The van der Waals surface area contributed by atoms with Crippen molar-refractivity contribution in [2.75, 3.05) is 44.2 Å². The molecule has 30 heavy (non-hydrogen) atoms. The molecule has 3 rings (SSSR count). The second-order valence-corrected chi connectivity index (χ2v) is 8.56. The van der Waals surface area contributed by atoms with Gasteiger partial charge < -0.3 is 9.69 Å². The first-order valence-electron chi connectivity index (χ1n) is 10.9. The molecule has 1 atom stereocenters. The van der Waals surface area contributed by atoms with E-state index in [0.717, 1.165) is 69.6 Å². The number of rotatable bonds is 7. The van der Waals surface area contributed by atoms with E-state index in [2.05, 4.69) is 34.6 Å². The van der Waals surface area contributed by atoms with E-state index in [1.807, 2.05) is 18.2 Å². The molecule has 0 aliphatic carbocycles. The van der Waals surface area contributed by atoms with Gasteiger partial charge in [-0.25, -0.2) is 5.48 Å². The van der Waals surface area contributed by atoms with Crippen molar-refractivity contribution < 1.29 is 14.8 Å². The number of aldehydes is 1. The van der Waals surface area contributed by atoms with Gasteiger partial charge in [-0.05, 0) is 36.5 Å². The van der Waals surface area contributed by atoms with Crippen LogP contribution in [0.3, 0.4) is 0 Å². The number of amides is 1. The third kappa shape index (κ3) is 5.47. The lowest BCUT2D eigenvalue weighted by Crippen LogP contribution is -2.59. The lowest BCUT2D eigenvalue weighted by molar-refractivity contribution is -0.124. The van der Waals surface area contributed by atoms with Crippen LogP contribution in [-0.4, -0.2) is 72.6 Å². The highest BCUT2D eigenvalue weighted by molar-refractivity contribution is 5.91. The van der Waals surface area contributed by atoms with Crippen molar-refractivity contribution in [2.45, 2.75) is 32.9 Å². The predicted molar refractivity (Wildman–Crippen MR) is 118 cm³/mol. The molecule has 2 heterocycles. The van der Waals surface area contributed by atoms with Crippen molar-refractivity contribution in [3.05, 3.63) is 35.9 Å². The number of piperidine rings is 1. The topological polar surface area (TPSA) is 76.1 Å². The Hall–Kier alpha value is -2.22. The summed E-state index contributed by atoms with van der Waals surface area (Å²) in [7, 11) is 0. The predicted octanol–water partition coefficient (Wildman–Crippen LogP) is 2.22. The second kappa shape index (κ2) is 10.7. The molecule has 1 amide bonds. The first-order chi connectivity index (χ1) is 14.5. The Morgan fingerprint density at radius 1 is 1.07 bits per heavy atom. The fourth-order valence-corrected chi connectivity index (χ4v) is 4.74. The van der Waals surface area contributed by atoms with Crippen LogP contribution in [-0.2, 0) is 9.59 Å². The fraction of sp³-hybridized carbons (Fsp3) is 0.565. The van der Waals surface area contributed by atoms with E-state index < -0.39 is 5.91 Å². The molecule has 2 N–H and O–H groups in total. The quantitative estimate of drug-likeness (QED) is 0.308. The Balaban J connectivity index is 1.64. The van der Waals surface area contributed by atoms with Crippen LogP contribution in [0.25, 0.3) is 6.08 Å². The van der Waals surface area contributed by atoms with Gasteiger partial charge in [0.25, 0.3) is 5.91 Å². The van der Waals surface area contributed by atoms with Gasteiger partial charge in [0.05, 0.1) is 6.17 Å². The summed E-state index contributed by atoms with van der Waals surface area (Å²) in [6.07, 6.45) is 6.54. The fourth-order valence-electron chi connectivity index (χ4n) is 4.74. The SMILES string of the molecule is CC(C)C(N1CCC(C=O)CC1)N1CCN(c2ccccc2/C=C/C(=O)NO)CC1. The van der Waals surface area contributed by atoms with E-state index in [4.69, 9.17) is 5.21 Å². The molecule has 7 heteroatoms. The summed E-state index contributed by atoms with van der Waals surface area (Å²) in [5, 5.41) is 8.70. The monoisotopic (exact) mass is 414 g/mol. The van der Waals surface area contributed by atoms with Crippen LogP contribution in [0.15, 0.2) is 30.3 Å². The molecule has 1 aromatic rings. The van der Waals surface area contributed by atoms with Crippen molar-refractivity contribution in [1.29, 1.82) is 0 Å². The molecule has 0 radical (unpaired) electrons. The Kier molecular flexibility index (Phi) is 8.01. The first kappa shape index (κ1) is 22.5. The van der Waals surface area contributed by atoms with E-state index in [0.29, 0.717) is 12.1 Å². The number of anilines is 1. The molecule has 2 aliphatic heterocycles. The lowest BCUT2D eigenvalue weighted by atomic mass is 9.96. The van der Waals surface area contributed by atoms with Gasteiger partial charge in [0.15, 0.2) is 0 Å². The van der Waals surface area contributed by atoms with Crippen LogP contribution < -0.4 is 10.4 Å². The number of piperazine rings is 1. The highest BCUT2D eigenvalue weighted by Gasteiger charge is 2.33. The van der Waals surface area contributed by atoms with E-state index in [9.17, 15) is 9.59 Å². The van der Waals surface area contributed by atoms with Crippen LogP contribution in [0.5, 0.6) is 0 Å². The van der Waals surface area contributed by atoms with Gasteiger partial charge in [-0.3, -0.25) is 19.8 Å². The molecule has 1 aromatic carbocycles. The lowest BCUT2D eigenvalue weighted by Gasteiger charge is -2.48. The molecule has 2 saturated heterocycles. The average Bonchev–Trinajstić information content (AvgIpc) is 2.78. The van der Waals surface area contributed by atoms with Gasteiger partial charge in [0.1, 0.15) is 6.29 Å². The smallest absolute Gasteiger partial charge is 0.267 e. The minimum atomic E-state index is -0.534. The summed E-state index contributed by atoms with van der Waals surface area (Å²) in [6.45, 7) is 10.4. The minimum absolute atomic E-state index is 0.225. The van der Waals surface area contributed by atoms with Crippen LogP contribution in [0.2, 0.25) is 0 Å². The molecule has 0 bridgehead atoms. The summed E-state index contributed by atoms with van der Waals surface area (Å²) >= 11 is 0. The molecule has 0 aromatic heterocycles. The standard InChI is InChI=1S/C23H34N4O3/c1-18(2)23(26-11-9-19(17-28)10-12-26)27-15-13-25(14-16-27)21-6-4-3-5-20(21)7-8-22(29)24-30/h3-8,17-19,23,30H,9-16H2,1-2H3,(H,24,29)/b8-7+. The van der Waals surface area contributed by atoms with Crippen molar-refractivity contribution in [2.24, 2.45) is 11.8 Å². The zero-order valence-electron chi connectivity index (χ0n) is 18.0. The molecular weight excluding hydrogens is 380 g/mol. The first-order valence-corrected chi connectivity index (χ1v) is 10.9. The number of hydrogen-bond acceptors (Lipinski definition) is 6. The summed E-state index contributed by atoms with van der Waals surface area (Å²) < 4.78 is 0. The zero-order valence-corrected chi connectivity index (χ0v) is 18.0. The zero-order chi connectivity index (χ0) is 21.5. The normalized spacial score (nSPS) is 20.6. The maximum absolute atomic E-state index is 11.4. The van der Waals surface area contributed by atoms with Gasteiger partial charge in [-0.2, -0.15) is 0 Å². The molecule has 0 saturated carbocycles. The molecule has 7 nitrogen and oxygen atoms in total. The molecule has 164 valence electrons. The molecular formula is C23H34N4O3. The number of nitrogens with zero attached hydrogens (tertiary/aromatic N) is 3. The second-order valence-electron chi connectivity index (χ2n) is 8.56. The summed E-state index contributed by atoms with van der Waals surface area (Å²) in [5.74, 6) is 0.215. The number of likely N-dealkylation sites (tertiary alicyclic amines) is 1. The number of carbonyl (C=O) groups excluding carboxylic acids is 2. The molecule has 2 aliphatic rings. The maximum Gasteiger partial charge on any atom is 0.267 e. The van der Waals surface area contributed by atoms with E-state index in [1.54, 1.807) is 11.6 Å². The third-order valence-corrected chi connectivity index (χ3v) is 6.23. The number of hydrogen-bond donors (Lipinski definition) is 2. The highest BCUT2D eigenvalue weighted by atomic mass is 16.5. The molecule has 0 spiro atoms. The summed E-state index contributed by atoms with van der Waals surface area (Å²) in [5.41, 5.74) is 3.70. The third-order valence-electron chi connectivity index (χ3n) is 6.23. The van der Waals surface area contributed by atoms with Crippen LogP contribution in [0.4, 0.5) is 5.69 Å². The number of carbonyl (C=O) groups is 2. The molecule has 1 unspecified atom stereocenters. The highest BCUT2D eigenvalue weighted by Crippen LogP contribution is 2.27. The Labute approximate surface area is 179 Å². The van der Waals surface area contributed by atoms with Gasteiger partial charge >= 0.3 is 0 Å². The summed E-state index contributed by atoms with van der Waals surface area (Å²) in [6, 6.07) is 8.03. The van der Waals surface area contributed by atoms with Gasteiger partial charge in [0, 0.05) is 56.9 Å². The van der Waals surface area contributed by atoms with E-state index in [1.165, 1.54) is 6.08 Å². The van der Waals surface area contributed by atoms with Gasteiger partial charge in [-0.1, -0.05) is 32.0 Å². The number of para-hydroxylation sites is 1. The Bertz CT molecular complexity index is 736. The van der Waals surface area contributed by atoms with E-state index in [-0.39, 0.29) is 5.92 Å². The minimum Gasteiger partial charge on any atom is -0.368 e. The van der Waals surface area contributed by atoms with Crippen LogP contribution in [0.1, 0.15) is 32.3 Å². The number of nitrogens with one attached hydrogen (secondary N) is 1. The largest absolute Gasteiger partial charge is 0.368 e. The number of benzene rings is 1. The average molecular weight is 415 g/mol. The van der Waals surface area contributed by atoms with Crippen LogP contribution >= 0.6 is 0 Å². The van der Waals surface area contributed by atoms with Crippen molar-refractivity contribution in [3.8, 4) is 0 Å².